The molecule has 98 valence electrons. The van der Waals surface area contributed by atoms with Crippen molar-refractivity contribution in [2.75, 3.05) is 13.2 Å². The second-order valence-electron chi connectivity index (χ2n) is 5.20. The van der Waals surface area contributed by atoms with Gasteiger partial charge in [0.15, 0.2) is 0 Å². The highest BCUT2D eigenvalue weighted by molar-refractivity contribution is 5.92. The quantitative estimate of drug-likeness (QED) is 0.820. The van der Waals surface area contributed by atoms with E-state index in [1.807, 2.05) is 17.9 Å². The van der Waals surface area contributed by atoms with Crippen molar-refractivity contribution in [2.24, 2.45) is 0 Å². The number of rotatable bonds is 1. The normalized spacial score (nSPS) is 27.9. The smallest absolute Gasteiger partial charge is 0.274 e. The molecule has 2 fully saturated rings. The minimum absolute atomic E-state index is 0.0413. The zero-order chi connectivity index (χ0) is 12.5. The van der Waals surface area contributed by atoms with E-state index < -0.39 is 0 Å². The summed E-state index contributed by atoms with van der Waals surface area (Å²) < 4.78 is 5.78. The standard InChI is InChI=1S/C13H19N3O2/c1-9-8-10(15-14-9)13(17)16-6-7-18-12-5-3-2-4-11(12)16/h8,11-12H,2-7H2,1H3,(H,14,15). The van der Waals surface area contributed by atoms with E-state index in [0.717, 1.165) is 18.5 Å². The maximum atomic E-state index is 12.5. The number of hydrogen-bond acceptors (Lipinski definition) is 3. The van der Waals surface area contributed by atoms with Crippen molar-refractivity contribution in [2.45, 2.75) is 44.8 Å². The molecule has 2 unspecified atom stereocenters. The van der Waals surface area contributed by atoms with Gasteiger partial charge < -0.3 is 9.64 Å². The number of aromatic amines is 1. The fourth-order valence-corrected chi connectivity index (χ4v) is 3.02. The molecule has 5 heteroatoms. The van der Waals surface area contributed by atoms with Gasteiger partial charge in [0, 0.05) is 12.2 Å². The lowest BCUT2D eigenvalue weighted by atomic mass is 9.90. The summed E-state index contributed by atoms with van der Waals surface area (Å²) in [6, 6.07) is 2.06. The van der Waals surface area contributed by atoms with E-state index in [1.54, 1.807) is 0 Å². The maximum Gasteiger partial charge on any atom is 0.274 e. The molecular weight excluding hydrogens is 230 g/mol. The van der Waals surface area contributed by atoms with E-state index >= 15 is 0 Å². The number of carbonyl (C=O) groups excluding carboxylic acids is 1. The van der Waals surface area contributed by atoms with Crippen molar-refractivity contribution >= 4 is 5.91 Å². The van der Waals surface area contributed by atoms with Crippen molar-refractivity contribution in [3.8, 4) is 0 Å². The molecule has 1 amide bonds. The summed E-state index contributed by atoms with van der Waals surface area (Å²) in [4.78, 5) is 14.4. The first-order valence-corrected chi connectivity index (χ1v) is 6.70. The molecule has 0 spiro atoms. The van der Waals surface area contributed by atoms with Crippen molar-refractivity contribution in [3.05, 3.63) is 17.5 Å². The van der Waals surface area contributed by atoms with E-state index in [9.17, 15) is 4.79 Å². The first-order chi connectivity index (χ1) is 8.75. The maximum absolute atomic E-state index is 12.5. The minimum atomic E-state index is 0.0413. The van der Waals surface area contributed by atoms with Crippen LogP contribution in [0, 0.1) is 6.92 Å². The Labute approximate surface area is 107 Å². The van der Waals surface area contributed by atoms with Crippen molar-refractivity contribution in [1.82, 2.24) is 15.1 Å². The molecule has 5 nitrogen and oxygen atoms in total. The number of aryl methyl sites for hydroxylation is 1. The van der Waals surface area contributed by atoms with Crippen LogP contribution in [0.4, 0.5) is 0 Å². The summed E-state index contributed by atoms with van der Waals surface area (Å²) in [5, 5.41) is 6.90. The zero-order valence-corrected chi connectivity index (χ0v) is 10.7. The Hall–Kier alpha value is -1.36. The van der Waals surface area contributed by atoms with Gasteiger partial charge >= 0.3 is 0 Å². The van der Waals surface area contributed by atoms with Crippen molar-refractivity contribution < 1.29 is 9.53 Å². The summed E-state index contributed by atoms with van der Waals surface area (Å²) in [7, 11) is 0. The monoisotopic (exact) mass is 249 g/mol. The summed E-state index contributed by atoms with van der Waals surface area (Å²) in [5.74, 6) is 0.0413. The summed E-state index contributed by atoms with van der Waals surface area (Å²) in [6.45, 7) is 3.24. The molecule has 0 aromatic carbocycles. The number of morpholine rings is 1. The highest BCUT2D eigenvalue weighted by Crippen LogP contribution is 2.29. The average Bonchev–Trinajstić information content (AvgIpc) is 2.84. The number of amides is 1. The molecule has 2 atom stereocenters. The van der Waals surface area contributed by atoms with E-state index in [1.165, 1.54) is 12.8 Å². The lowest BCUT2D eigenvalue weighted by molar-refractivity contribution is -0.0754. The molecule has 0 bridgehead atoms. The van der Waals surface area contributed by atoms with Crippen LogP contribution in [0.3, 0.4) is 0 Å². The van der Waals surface area contributed by atoms with Crippen LogP contribution in [-0.2, 0) is 4.74 Å². The molecule has 1 saturated heterocycles. The van der Waals surface area contributed by atoms with Gasteiger partial charge in [-0.15, -0.1) is 0 Å². The number of carbonyl (C=O) groups is 1. The Morgan fingerprint density at radius 2 is 2.33 bits per heavy atom. The van der Waals surface area contributed by atoms with Gasteiger partial charge in [-0.2, -0.15) is 5.10 Å². The number of nitrogens with zero attached hydrogens (tertiary/aromatic N) is 2. The highest BCUT2D eigenvalue weighted by Gasteiger charge is 2.37. The van der Waals surface area contributed by atoms with Crippen LogP contribution in [0.25, 0.3) is 0 Å². The lowest BCUT2D eigenvalue weighted by Gasteiger charge is -2.43. The highest BCUT2D eigenvalue weighted by atomic mass is 16.5. The molecular formula is C13H19N3O2. The zero-order valence-electron chi connectivity index (χ0n) is 10.7. The number of aromatic nitrogens is 2. The topological polar surface area (TPSA) is 58.2 Å². The van der Waals surface area contributed by atoms with Gasteiger partial charge in [-0.05, 0) is 25.8 Å². The molecule has 2 heterocycles. The Balaban J connectivity index is 1.79. The van der Waals surface area contributed by atoms with E-state index in [4.69, 9.17) is 4.74 Å². The summed E-state index contributed by atoms with van der Waals surface area (Å²) >= 11 is 0. The third-order valence-corrected chi connectivity index (χ3v) is 3.92. The molecule has 18 heavy (non-hydrogen) atoms. The van der Waals surface area contributed by atoms with Gasteiger partial charge in [0.1, 0.15) is 5.69 Å². The number of fused-ring (bicyclic) bond motifs is 1. The SMILES string of the molecule is Cc1cc(C(=O)N2CCOC3CCCCC32)n[nH]1. The fourth-order valence-electron chi connectivity index (χ4n) is 3.02. The fraction of sp³-hybridized carbons (Fsp3) is 0.692. The predicted molar refractivity (Wildman–Crippen MR) is 66.4 cm³/mol. The van der Waals surface area contributed by atoms with Crippen LogP contribution >= 0.6 is 0 Å². The Kier molecular flexibility index (Phi) is 3.07. The first kappa shape index (κ1) is 11.7. The van der Waals surface area contributed by atoms with E-state index in [2.05, 4.69) is 10.2 Å². The second kappa shape index (κ2) is 4.72. The second-order valence-corrected chi connectivity index (χ2v) is 5.20. The number of ether oxygens (including phenoxy) is 1. The van der Waals surface area contributed by atoms with Gasteiger partial charge in [0.05, 0.1) is 18.8 Å². The molecule has 3 rings (SSSR count). The number of nitrogens with one attached hydrogen (secondary N) is 1. The van der Waals surface area contributed by atoms with Crippen molar-refractivity contribution in [1.29, 1.82) is 0 Å². The molecule has 1 aromatic heterocycles. The van der Waals surface area contributed by atoms with Crippen LogP contribution in [0.2, 0.25) is 0 Å². The van der Waals surface area contributed by atoms with E-state index in [0.29, 0.717) is 18.8 Å². The van der Waals surface area contributed by atoms with Crippen LogP contribution in [0.1, 0.15) is 41.9 Å². The van der Waals surface area contributed by atoms with Gasteiger partial charge in [-0.1, -0.05) is 12.8 Å². The van der Waals surface area contributed by atoms with Crippen LogP contribution in [0.5, 0.6) is 0 Å². The third-order valence-electron chi connectivity index (χ3n) is 3.92. The number of hydrogen-bond donors (Lipinski definition) is 1. The summed E-state index contributed by atoms with van der Waals surface area (Å²) in [5.41, 5.74) is 1.45. The average molecular weight is 249 g/mol. The largest absolute Gasteiger partial charge is 0.374 e. The predicted octanol–water partition coefficient (Wildman–Crippen LogP) is 1.50. The Morgan fingerprint density at radius 3 is 3.11 bits per heavy atom. The van der Waals surface area contributed by atoms with Gasteiger partial charge in [-0.25, -0.2) is 0 Å². The molecule has 1 aliphatic carbocycles. The van der Waals surface area contributed by atoms with Gasteiger partial charge in [-0.3, -0.25) is 9.89 Å². The lowest BCUT2D eigenvalue weighted by Crippen LogP contribution is -2.54. The molecule has 1 saturated carbocycles. The van der Waals surface area contributed by atoms with Crippen LogP contribution < -0.4 is 0 Å². The van der Waals surface area contributed by atoms with Gasteiger partial charge in [0.25, 0.3) is 5.91 Å². The molecule has 1 aliphatic heterocycles. The molecule has 1 aromatic rings. The van der Waals surface area contributed by atoms with Crippen LogP contribution in [-0.4, -0.2) is 46.3 Å². The van der Waals surface area contributed by atoms with Gasteiger partial charge in [0.2, 0.25) is 0 Å². The van der Waals surface area contributed by atoms with Crippen LogP contribution in [0.15, 0.2) is 6.07 Å². The van der Waals surface area contributed by atoms with E-state index in [-0.39, 0.29) is 18.1 Å². The third kappa shape index (κ3) is 2.03. The Morgan fingerprint density at radius 1 is 1.50 bits per heavy atom. The Bertz CT molecular complexity index is 441. The summed E-state index contributed by atoms with van der Waals surface area (Å²) in [6.07, 6.45) is 4.77. The molecule has 1 N–H and O–H groups in total. The molecule has 2 aliphatic rings. The number of H-pyrrole nitrogens is 1. The minimum Gasteiger partial charge on any atom is -0.374 e. The van der Waals surface area contributed by atoms with Crippen molar-refractivity contribution in [3.63, 3.8) is 0 Å². The molecule has 0 radical (unpaired) electrons. The first-order valence-electron chi connectivity index (χ1n) is 6.70.